The molecular weight excluding hydrogens is 2000 g/mol. The molecule has 2 atom stereocenters. The zero-order valence-corrected chi connectivity index (χ0v) is 78.2. The minimum atomic E-state index is -6.38. The minimum Gasteiger partial charge on any atom is -0.508 e. The average Bonchev–Trinajstić information content (AvgIpc) is 0.758. The van der Waals surface area contributed by atoms with Crippen LogP contribution < -0.4 is 40.1 Å². The number of anilines is 7. The molecule has 0 radical (unpaired) electrons. The number of carboxylic acid groups (broad SMARTS) is 2. The Morgan fingerprint density at radius 1 is 0.269 bits per heavy atom. The van der Waals surface area contributed by atoms with Crippen LogP contribution in [-0.2, 0) is 42.0 Å². The molecule has 12 rings (SSSR count). The van der Waals surface area contributed by atoms with Gasteiger partial charge in [0.2, 0.25) is 5.78 Å². The summed E-state index contributed by atoms with van der Waals surface area (Å²) in [5, 5.41) is 49.1. The Morgan fingerprint density at radius 3 is 0.717 bits per heavy atom. The van der Waals surface area contributed by atoms with Crippen LogP contribution in [0.1, 0.15) is 153 Å². The largest absolute Gasteiger partial charge is 0.508 e. The maximum Gasteiger partial charge on any atom is 0.446 e. The molecular formula is C101H94ClF26N7O10. The van der Waals surface area contributed by atoms with Crippen molar-refractivity contribution in [1.29, 1.82) is 0 Å². The molecule has 0 aliphatic heterocycles. The number of rotatable bonds is 18. The number of nitrogens with two attached hydrogens (primary N) is 7. The first-order valence-electron chi connectivity index (χ1n) is 41.8. The molecule has 20 N–H and O–H groups in total. The van der Waals surface area contributed by atoms with E-state index < -0.39 is 111 Å². The number of carbonyl (C=O) groups is 3. The third-order valence-electron chi connectivity index (χ3n) is 24.1. The van der Waals surface area contributed by atoms with E-state index in [9.17, 15) is 149 Å². The average molecular weight is 2100 g/mol. The topological polar surface area (TPSA) is 364 Å². The fourth-order valence-electron chi connectivity index (χ4n) is 13.9. The highest BCUT2D eigenvalue weighted by Crippen LogP contribution is 2.56. The summed E-state index contributed by atoms with van der Waals surface area (Å²) < 4.78 is 346. The van der Waals surface area contributed by atoms with Gasteiger partial charge in [-0.1, -0.05) is 163 Å². The highest BCUT2D eigenvalue weighted by atomic mass is 35.5. The number of hydrogen-bond acceptors (Lipinski definition) is 15. The number of aromatic carboxylic acids is 2. The van der Waals surface area contributed by atoms with Crippen LogP contribution in [-0.4, -0.2) is 109 Å². The molecule has 12 aromatic carbocycles. The van der Waals surface area contributed by atoms with Crippen molar-refractivity contribution < 1.29 is 164 Å². The number of halogens is 27. The van der Waals surface area contributed by atoms with Crippen LogP contribution in [0.2, 0.25) is 0 Å². The van der Waals surface area contributed by atoms with E-state index >= 15 is 0 Å². The van der Waals surface area contributed by atoms with E-state index in [0.29, 0.717) is 28.4 Å². The van der Waals surface area contributed by atoms with E-state index in [1.54, 1.807) is 50.2 Å². The molecule has 17 nitrogen and oxygen atoms in total. The van der Waals surface area contributed by atoms with Crippen molar-refractivity contribution in [2.24, 2.45) is 0 Å². The lowest BCUT2D eigenvalue weighted by Crippen LogP contribution is -2.55. The lowest BCUT2D eigenvalue weighted by Gasteiger charge is -2.34. The number of Topliss-reactive ketones (excluding diaryl/α,β-unsaturated/α-hetero) is 1. The second kappa shape index (κ2) is 44.4. The fraction of sp³-hybridized carbons (Fsp3) is 0.257. The normalized spacial score (nSPS) is 13.3. The number of ether oxygens (including phenoxy) is 1. The number of carboxylic acids is 2. The summed E-state index contributed by atoms with van der Waals surface area (Å²) in [6.45, 7) is 11.9. The van der Waals surface area contributed by atoms with Gasteiger partial charge in [0.05, 0.1) is 22.5 Å². The third kappa shape index (κ3) is 26.6. The Balaban J connectivity index is 0.000000259. The Hall–Kier alpha value is -14.5. The van der Waals surface area contributed by atoms with Gasteiger partial charge in [0.15, 0.2) is 0 Å². The minimum absolute atomic E-state index is 0.0217. The molecule has 0 aliphatic carbocycles. The van der Waals surface area contributed by atoms with Crippen molar-refractivity contribution in [3.63, 3.8) is 0 Å². The highest BCUT2D eigenvalue weighted by Gasteiger charge is 2.75. The van der Waals surface area contributed by atoms with Gasteiger partial charge in [0.1, 0.15) is 55.5 Å². The molecule has 2 unspecified atom stereocenters. The molecule has 0 aliphatic rings. The van der Waals surface area contributed by atoms with Crippen molar-refractivity contribution in [1.82, 2.24) is 0 Å². The molecule has 782 valence electrons. The van der Waals surface area contributed by atoms with Gasteiger partial charge in [0.25, 0.3) is 0 Å². The Morgan fingerprint density at radius 2 is 0.490 bits per heavy atom. The standard InChI is InChI=1S/C17H19F3N2.C17H13F3O4.C16H16F3N.C15H15F3N2O2.C15H15F3N2.C15H13F3O2.C6H3ClF8O2/c1-10-4-6-12(8-14(10)21)16(3,17(18,19)20)13-7-5-11(2)15(22)9-13;1-16(17(18,19)20,12-6-2-10(3-7-12)14(21)22)13-8-4-11(5-9-13)15(23)24;1-11-3-5-12(6-4-11)15(2,16(17,18)19)13-7-9-14(20)10-8-13;1-14(15(16,17)18,8-2-4-12(21)10(19)6-8)9-3-5-13(22)11(20)7-9;1-14(15(16,17)18,10-4-2-6-12(19)8-10)11-5-3-7-13(20)9-11;1-14(15(16,17)18,10-2-6-12(19)7-3-10)11-4-8-13(20)9-5-11;1-2(16)3(8,9)17-6(14,15)4(7,10)5(11,12)13/h4-9H,21-22H2,1-3H3;2-9H,1H3,(H,21,22)(H,23,24);3-10H,20H2,1-2H3;2-7,21-22H,19-20H2,1H3;2-9H,19-20H2,1H3;2-9,19-20H,1H3;1H3. The smallest absolute Gasteiger partial charge is 0.446 e. The summed E-state index contributed by atoms with van der Waals surface area (Å²) in [6.07, 6.45) is -45.0. The van der Waals surface area contributed by atoms with E-state index in [1.807, 2.05) is 6.92 Å². The number of phenols is 4. The van der Waals surface area contributed by atoms with Crippen molar-refractivity contribution in [2.75, 3.05) is 40.1 Å². The van der Waals surface area contributed by atoms with E-state index in [-0.39, 0.29) is 119 Å². The van der Waals surface area contributed by atoms with Gasteiger partial charge in [-0.2, -0.15) is 110 Å². The van der Waals surface area contributed by atoms with Gasteiger partial charge in [-0.25, -0.2) is 18.7 Å². The molecule has 0 aromatic heterocycles. The second-order valence-electron chi connectivity index (χ2n) is 33.8. The summed E-state index contributed by atoms with van der Waals surface area (Å²) in [7, 11) is 0. The first-order valence-corrected chi connectivity index (χ1v) is 42.1. The van der Waals surface area contributed by atoms with Crippen LogP contribution in [0, 0.1) is 20.8 Å². The zero-order valence-electron chi connectivity index (χ0n) is 77.5. The molecule has 12 aromatic rings. The van der Waals surface area contributed by atoms with Crippen LogP contribution in [0.4, 0.5) is 154 Å². The number of alkyl halides is 27. The second-order valence-corrected chi connectivity index (χ2v) is 34.3. The lowest BCUT2D eigenvalue weighted by atomic mass is 9.75. The molecule has 0 spiro atoms. The van der Waals surface area contributed by atoms with Crippen LogP contribution in [0.5, 0.6) is 23.0 Å². The molecule has 0 fully saturated rings. The number of phenolic OH excluding ortho intramolecular Hbond substituents is 4. The summed E-state index contributed by atoms with van der Waals surface area (Å²) in [4.78, 5) is 31.8. The quantitative estimate of drug-likeness (QED) is 0.0164. The first-order chi connectivity index (χ1) is 66.1. The number of ketones is 1. The van der Waals surface area contributed by atoms with Crippen LogP contribution in [0.25, 0.3) is 0 Å². The maximum atomic E-state index is 13.9. The SMILES string of the molecule is CC(=O)C(F)(F)OC(F)(F)C(F)(Cl)C(F)(F)F.CC(c1ccc(C(=O)O)cc1)(c1ccc(C(=O)O)cc1)C(F)(F)F.CC(c1ccc(O)c(N)c1)(c1ccc(O)c(N)c1)C(F)(F)F.CC(c1ccc(O)cc1)(c1ccc(O)cc1)C(F)(F)F.CC(c1cccc(N)c1)(c1cccc(N)c1)C(F)(F)F.Cc1ccc(C(C)(c2ccc(C)c(N)c2)C(F)(F)F)cc1N.Cc1ccc(C(C)(c2ccc(N)cc2)C(F)(F)F)cc1. The Labute approximate surface area is 816 Å². The monoisotopic (exact) mass is 2090 g/mol. The number of aryl methyl sites for hydroxylation is 3. The highest BCUT2D eigenvalue weighted by molar-refractivity contribution is 6.24. The number of nitrogen functional groups attached to an aromatic ring is 7. The molecule has 0 amide bonds. The predicted octanol–water partition coefficient (Wildman–Crippen LogP) is 26.8. The summed E-state index contributed by atoms with van der Waals surface area (Å²) >= 11 is 3.80. The third-order valence-corrected chi connectivity index (χ3v) is 24.5. The van der Waals surface area contributed by atoms with E-state index in [4.69, 9.17) is 50.3 Å². The molecule has 145 heavy (non-hydrogen) atoms. The van der Waals surface area contributed by atoms with Crippen molar-refractivity contribution in [3.05, 3.63) is 361 Å². The Kier molecular flexibility index (Phi) is 36.5. The zero-order chi connectivity index (χ0) is 111. The molecule has 0 bridgehead atoms. The first kappa shape index (κ1) is 119. The van der Waals surface area contributed by atoms with Gasteiger partial charge in [0, 0.05) is 35.4 Å². The maximum absolute atomic E-state index is 13.9. The van der Waals surface area contributed by atoms with Gasteiger partial charge in [-0.3, -0.25) is 4.79 Å². The number of carbonyl (C=O) groups excluding carboxylic acids is 1. The summed E-state index contributed by atoms with van der Waals surface area (Å²) in [5.41, 5.74) is 29.9. The number of hydrogen-bond donors (Lipinski definition) is 13. The van der Waals surface area contributed by atoms with Crippen molar-refractivity contribution in [2.45, 2.75) is 162 Å². The van der Waals surface area contributed by atoms with Crippen molar-refractivity contribution >= 4 is 69.1 Å². The predicted molar refractivity (Wildman–Crippen MR) is 495 cm³/mol. The van der Waals surface area contributed by atoms with Gasteiger partial charge in [-0.05, 0) is 262 Å². The van der Waals surface area contributed by atoms with Gasteiger partial charge < -0.3 is 70.8 Å². The van der Waals surface area contributed by atoms with Gasteiger partial charge in [-0.15, -0.1) is 0 Å². The van der Waals surface area contributed by atoms with E-state index in [0.717, 1.165) is 136 Å². The Bertz CT molecular complexity index is 5930. The van der Waals surface area contributed by atoms with Crippen LogP contribution >= 0.6 is 11.6 Å². The molecule has 0 saturated heterocycles. The number of benzene rings is 12. The van der Waals surface area contributed by atoms with Crippen LogP contribution in [0.15, 0.2) is 267 Å². The summed E-state index contributed by atoms with van der Waals surface area (Å²) in [5.74, 6) is -5.58. The molecule has 0 heterocycles. The van der Waals surface area contributed by atoms with Crippen molar-refractivity contribution in [3.8, 4) is 23.0 Å². The number of aromatic hydroxyl groups is 4. The van der Waals surface area contributed by atoms with Gasteiger partial charge >= 0.3 is 72.5 Å². The summed E-state index contributed by atoms with van der Waals surface area (Å²) in [6, 6.07) is 58.3. The van der Waals surface area contributed by atoms with E-state index in [2.05, 4.69) is 16.3 Å². The molecule has 44 heteroatoms. The van der Waals surface area contributed by atoms with Crippen LogP contribution in [0.3, 0.4) is 0 Å². The fourth-order valence-corrected chi connectivity index (χ4v) is 14.0. The van der Waals surface area contributed by atoms with E-state index in [1.165, 1.54) is 153 Å². The molecule has 0 saturated carbocycles. The lowest BCUT2D eigenvalue weighted by molar-refractivity contribution is -0.413.